The number of fused-ring (bicyclic) bond motifs is 1. The fourth-order valence-electron chi connectivity index (χ4n) is 3.50. The summed E-state index contributed by atoms with van der Waals surface area (Å²) in [4.78, 5) is 31.8. The summed E-state index contributed by atoms with van der Waals surface area (Å²) < 4.78 is 11.3. The molecule has 3 aromatic rings. The third-order valence-corrected chi connectivity index (χ3v) is 6.34. The van der Waals surface area contributed by atoms with Crippen LogP contribution in [0.3, 0.4) is 0 Å². The molecule has 2 unspecified atom stereocenters. The number of esters is 1. The van der Waals surface area contributed by atoms with Crippen LogP contribution >= 0.6 is 11.3 Å². The number of carbonyl (C=O) groups is 2. The number of carbonyl (C=O) groups excluding carboxylic acids is 2. The van der Waals surface area contributed by atoms with Gasteiger partial charge in [0.1, 0.15) is 17.3 Å². The molecule has 0 aliphatic carbocycles. The highest BCUT2D eigenvalue weighted by Crippen LogP contribution is 2.39. The van der Waals surface area contributed by atoms with Crippen LogP contribution in [0.25, 0.3) is 21.8 Å². The second kappa shape index (κ2) is 9.53. The van der Waals surface area contributed by atoms with E-state index < -0.39 is 12.1 Å². The van der Waals surface area contributed by atoms with Gasteiger partial charge in [0, 0.05) is 16.5 Å². The van der Waals surface area contributed by atoms with Gasteiger partial charge in [-0.1, -0.05) is 44.2 Å². The zero-order valence-corrected chi connectivity index (χ0v) is 19.2. The molecule has 32 heavy (non-hydrogen) atoms. The zero-order chi connectivity index (χ0) is 22.7. The lowest BCUT2D eigenvalue weighted by Crippen LogP contribution is -2.48. The number of amides is 1. The van der Waals surface area contributed by atoms with Gasteiger partial charge in [-0.3, -0.25) is 14.5 Å². The minimum absolute atomic E-state index is 0.147. The van der Waals surface area contributed by atoms with Crippen molar-refractivity contribution in [2.24, 2.45) is 0 Å². The summed E-state index contributed by atoms with van der Waals surface area (Å²) in [6.45, 7) is 5.53. The lowest BCUT2D eigenvalue weighted by atomic mass is 10.1. The summed E-state index contributed by atoms with van der Waals surface area (Å²) in [7, 11) is 0. The van der Waals surface area contributed by atoms with E-state index in [2.05, 4.69) is 0 Å². The monoisotopic (exact) mass is 450 g/mol. The van der Waals surface area contributed by atoms with E-state index >= 15 is 0 Å². The van der Waals surface area contributed by atoms with E-state index in [9.17, 15) is 9.59 Å². The Balaban J connectivity index is 1.66. The van der Waals surface area contributed by atoms with Crippen LogP contribution in [0, 0.1) is 0 Å². The van der Waals surface area contributed by atoms with E-state index in [0.29, 0.717) is 24.3 Å². The van der Waals surface area contributed by atoms with Crippen LogP contribution in [0.2, 0.25) is 0 Å². The number of nitrogens with zero attached hydrogens (tertiary/aromatic N) is 2. The van der Waals surface area contributed by atoms with Crippen LogP contribution in [0.15, 0.2) is 53.9 Å². The molecular formula is C25H26N2O4S. The average molecular weight is 451 g/mol. The molecule has 1 aliphatic rings. The molecule has 0 N–H and O–H groups in total. The smallest absolute Gasteiger partial charge is 0.326 e. The van der Waals surface area contributed by atoms with Gasteiger partial charge in [0.05, 0.1) is 17.5 Å². The first-order valence-electron chi connectivity index (χ1n) is 10.8. The molecular weight excluding hydrogens is 424 g/mol. The molecule has 2 atom stereocenters. The molecule has 1 aliphatic heterocycles. The number of thiazole rings is 1. The van der Waals surface area contributed by atoms with Crippen molar-refractivity contribution in [1.82, 2.24) is 4.98 Å². The first-order chi connectivity index (χ1) is 15.5. The third-order valence-electron chi connectivity index (χ3n) is 5.45. The molecule has 0 saturated heterocycles. The van der Waals surface area contributed by atoms with E-state index in [1.807, 2.05) is 74.7 Å². The molecule has 2 aromatic carbocycles. The molecule has 6 nitrogen and oxygen atoms in total. The summed E-state index contributed by atoms with van der Waals surface area (Å²) in [5, 5.41) is 2.91. The molecule has 7 heteroatoms. The maximum absolute atomic E-state index is 13.0. The number of benzene rings is 2. The van der Waals surface area contributed by atoms with Crippen LogP contribution in [-0.2, 0) is 14.3 Å². The van der Waals surface area contributed by atoms with Gasteiger partial charge in [-0.2, -0.15) is 0 Å². The van der Waals surface area contributed by atoms with Gasteiger partial charge in [0.25, 0.3) is 5.91 Å². The minimum Gasteiger partial charge on any atom is -0.478 e. The van der Waals surface area contributed by atoms with Crippen molar-refractivity contribution in [3.8, 4) is 27.6 Å². The summed E-state index contributed by atoms with van der Waals surface area (Å²) in [5.74, 6) is -0.0858. The Morgan fingerprint density at radius 2 is 1.97 bits per heavy atom. The Kier molecular flexibility index (Phi) is 6.55. The standard InChI is InChI=1S/C25H26N2O4S/c1-4-16(3)30-23(28)14-27-20-13-18(11-12-22(20)31-21(5-2)25(27)29)19-15-32-24(26-19)17-9-7-6-8-10-17/h6-13,15-16,21H,4-5,14H2,1-3H3. The van der Waals surface area contributed by atoms with Gasteiger partial charge >= 0.3 is 5.97 Å². The Bertz CT molecular complexity index is 1110. The average Bonchev–Trinajstić information content (AvgIpc) is 3.31. The molecule has 0 saturated carbocycles. The summed E-state index contributed by atoms with van der Waals surface area (Å²) in [6.07, 6.45) is 0.421. The lowest BCUT2D eigenvalue weighted by molar-refractivity contribution is -0.147. The summed E-state index contributed by atoms with van der Waals surface area (Å²) >= 11 is 1.56. The van der Waals surface area contributed by atoms with E-state index in [0.717, 1.165) is 21.8 Å². The Hall–Kier alpha value is -3.19. The largest absolute Gasteiger partial charge is 0.478 e. The Morgan fingerprint density at radius 3 is 2.69 bits per heavy atom. The normalized spacial score (nSPS) is 16.3. The highest BCUT2D eigenvalue weighted by molar-refractivity contribution is 7.13. The molecule has 4 rings (SSSR count). The Morgan fingerprint density at radius 1 is 1.19 bits per heavy atom. The molecule has 166 valence electrons. The van der Waals surface area contributed by atoms with Crippen LogP contribution in [0.5, 0.6) is 5.75 Å². The second-order valence-corrected chi connectivity index (χ2v) is 8.59. The molecule has 0 spiro atoms. The first-order valence-corrected chi connectivity index (χ1v) is 11.7. The number of ether oxygens (including phenoxy) is 2. The molecule has 1 aromatic heterocycles. The number of hydrogen-bond acceptors (Lipinski definition) is 6. The number of rotatable bonds is 7. The highest BCUT2D eigenvalue weighted by Gasteiger charge is 2.35. The van der Waals surface area contributed by atoms with Crippen LogP contribution in [-0.4, -0.2) is 35.6 Å². The zero-order valence-electron chi connectivity index (χ0n) is 18.4. The molecule has 1 amide bonds. The number of hydrogen-bond donors (Lipinski definition) is 0. The van der Waals surface area contributed by atoms with Gasteiger partial charge in [-0.25, -0.2) is 4.98 Å². The lowest BCUT2D eigenvalue weighted by Gasteiger charge is -2.34. The van der Waals surface area contributed by atoms with Crippen molar-refractivity contribution in [3.63, 3.8) is 0 Å². The van der Waals surface area contributed by atoms with Crippen molar-refractivity contribution in [3.05, 3.63) is 53.9 Å². The molecule has 0 radical (unpaired) electrons. The highest BCUT2D eigenvalue weighted by atomic mass is 32.1. The van der Waals surface area contributed by atoms with Gasteiger partial charge in [-0.05, 0) is 38.0 Å². The molecule has 0 bridgehead atoms. The van der Waals surface area contributed by atoms with Gasteiger partial charge in [0.2, 0.25) is 0 Å². The van der Waals surface area contributed by atoms with Crippen molar-refractivity contribution < 1.29 is 19.1 Å². The van der Waals surface area contributed by atoms with Crippen LogP contribution < -0.4 is 9.64 Å². The van der Waals surface area contributed by atoms with E-state index in [1.165, 1.54) is 4.90 Å². The van der Waals surface area contributed by atoms with Crippen molar-refractivity contribution >= 4 is 28.9 Å². The van der Waals surface area contributed by atoms with Crippen LogP contribution in [0.1, 0.15) is 33.6 Å². The molecule has 0 fully saturated rings. The summed E-state index contributed by atoms with van der Waals surface area (Å²) in [6, 6.07) is 15.6. The fraction of sp³-hybridized carbons (Fsp3) is 0.320. The van der Waals surface area contributed by atoms with Crippen molar-refractivity contribution in [2.75, 3.05) is 11.4 Å². The second-order valence-electron chi connectivity index (χ2n) is 7.73. The van der Waals surface area contributed by atoms with Crippen molar-refractivity contribution in [2.45, 2.75) is 45.8 Å². The van der Waals surface area contributed by atoms with Gasteiger partial charge in [-0.15, -0.1) is 11.3 Å². The van der Waals surface area contributed by atoms with Gasteiger partial charge in [0.15, 0.2) is 6.10 Å². The summed E-state index contributed by atoms with van der Waals surface area (Å²) in [5.41, 5.74) is 3.28. The number of anilines is 1. The predicted octanol–water partition coefficient (Wildman–Crippen LogP) is 5.32. The topological polar surface area (TPSA) is 68.7 Å². The van der Waals surface area contributed by atoms with E-state index in [4.69, 9.17) is 14.5 Å². The quantitative estimate of drug-likeness (QED) is 0.456. The fourth-order valence-corrected chi connectivity index (χ4v) is 4.33. The minimum atomic E-state index is -0.617. The van der Waals surface area contributed by atoms with Crippen molar-refractivity contribution in [1.29, 1.82) is 0 Å². The number of aromatic nitrogens is 1. The van der Waals surface area contributed by atoms with E-state index in [1.54, 1.807) is 11.3 Å². The first kappa shape index (κ1) is 22.0. The SMILES string of the molecule is CCC(C)OC(=O)CN1C(=O)C(CC)Oc2ccc(-c3csc(-c4ccccc4)n3)cc21. The Labute approximate surface area is 191 Å². The van der Waals surface area contributed by atoms with Gasteiger partial charge < -0.3 is 9.47 Å². The maximum atomic E-state index is 13.0. The third kappa shape index (κ3) is 4.53. The van der Waals surface area contributed by atoms with Crippen LogP contribution in [0.4, 0.5) is 5.69 Å². The maximum Gasteiger partial charge on any atom is 0.326 e. The predicted molar refractivity (Wildman–Crippen MR) is 126 cm³/mol. The molecule has 2 heterocycles. The van der Waals surface area contributed by atoms with E-state index in [-0.39, 0.29) is 18.6 Å².